The predicted octanol–water partition coefficient (Wildman–Crippen LogP) is 3.74. The van der Waals surface area contributed by atoms with Gasteiger partial charge in [0, 0.05) is 31.1 Å². The van der Waals surface area contributed by atoms with Gasteiger partial charge in [0.1, 0.15) is 11.3 Å². The normalized spacial score (nSPS) is 18.4. The molecule has 0 unspecified atom stereocenters. The number of carbonyl (C=O) groups is 1. The molecule has 1 aliphatic heterocycles. The molecular formula is C18H23F2N3O. The molecule has 24 heavy (non-hydrogen) atoms. The number of carbonyl (C=O) groups excluding carboxylic acids is 1. The lowest BCUT2D eigenvalue weighted by molar-refractivity contribution is -0.0660. The Labute approximate surface area is 140 Å². The summed E-state index contributed by atoms with van der Waals surface area (Å²) in [6.45, 7) is 5.98. The molecule has 0 bridgehead atoms. The summed E-state index contributed by atoms with van der Waals surface area (Å²) in [7, 11) is 0. The Hall–Kier alpha value is -1.82. The van der Waals surface area contributed by atoms with E-state index < -0.39 is 5.92 Å². The Bertz CT molecular complexity index is 739. The first kappa shape index (κ1) is 17.0. The van der Waals surface area contributed by atoms with Crippen LogP contribution in [0.4, 0.5) is 8.78 Å². The van der Waals surface area contributed by atoms with Crippen molar-refractivity contribution < 1.29 is 13.6 Å². The van der Waals surface area contributed by atoms with Crippen LogP contribution in [0.5, 0.6) is 0 Å². The van der Waals surface area contributed by atoms with Crippen molar-refractivity contribution in [2.45, 2.75) is 45.7 Å². The summed E-state index contributed by atoms with van der Waals surface area (Å²) in [4.78, 5) is 17.2. The Balaban J connectivity index is 1.93. The van der Waals surface area contributed by atoms with Crippen LogP contribution in [0, 0.1) is 5.92 Å². The van der Waals surface area contributed by atoms with E-state index in [0.717, 1.165) is 29.4 Å². The van der Waals surface area contributed by atoms with Gasteiger partial charge < -0.3 is 4.57 Å². The number of piperidine rings is 1. The Morgan fingerprint density at radius 2 is 2.17 bits per heavy atom. The molecule has 0 atom stereocenters. The first-order valence-electron chi connectivity index (χ1n) is 8.42. The van der Waals surface area contributed by atoms with Crippen molar-refractivity contribution in [3.05, 3.63) is 29.6 Å². The van der Waals surface area contributed by atoms with E-state index in [1.54, 1.807) is 6.07 Å². The quantitative estimate of drug-likeness (QED) is 0.781. The molecule has 0 spiro atoms. The summed E-state index contributed by atoms with van der Waals surface area (Å²) in [5.74, 6) is -2.17. The molecule has 3 heterocycles. The predicted molar refractivity (Wildman–Crippen MR) is 89.4 cm³/mol. The molecule has 0 aliphatic carbocycles. The summed E-state index contributed by atoms with van der Waals surface area (Å²) in [6.07, 6.45) is 3.23. The van der Waals surface area contributed by atoms with Crippen LogP contribution < -0.4 is 0 Å². The van der Waals surface area contributed by atoms with Crippen molar-refractivity contribution in [3.8, 4) is 0 Å². The van der Waals surface area contributed by atoms with Gasteiger partial charge in [-0.2, -0.15) is 0 Å². The molecule has 1 saturated heterocycles. The lowest BCUT2D eigenvalue weighted by atomic mass is 10.1. The van der Waals surface area contributed by atoms with Gasteiger partial charge in [-0.15, -0.1) is 0 Å². The van der Waals surface area contributed by atoms with Crippen LogP contribution in [0.15, 0.2) is 18.3 Å². The van der Waals surface area contributed by atoms with E-state index in [1.807, 2.05) is 21.7 Å². The second-order valence-corrected chi connectivity index (χ2v) is 7.10. The lowest BCUT2D eigenvalue weighted by Gasteiger charge is -2.32. The van der Waals surface area contributed by atoms with Crippen molar-refractivity contribution in [3.63, 3.8) is 0 Å². The van der Waals surface area contributed by atoms with Crippen LogP contribution in [0.3, 0.4) is 0 Å². The van der Waals surface area contributed by atoms with Gasteiger partial charge in [-0.05, 0) is 36.6 Å². The molecule has 0 aromatic carbocycles. The molecule has 2 aromatic heterocycles. The maximum absolute atomic E-state index is 13.6. The third-order valence-corrected chi connectivity index (χ3v) is 4.37. The number of rotatable bonds is 5. The molecular weight excluding hydrogens is 312 g/mol. The monoisotopic (exact) mass is 335 g/mol. The van der Waals surface area contributed by atoms with Crippen molar-refractivity contribution in [2.75, 3.05) is 13.1 Å². The second-order valence-electron chi connectivity index (χ2n) is 7.10. The van der Waals surface area contributed by atoms with Crippen molar-refractivity contribution >= 4 is 17.3 Å². The van der Waals surface area contributed by atoms with Crippen molar-refractivity contribution in [1.29, 1.82) is 0 Å². The molecule has 6 heteroatoms. The Morgan fingerprint density at radius 3 is 2.83 bits per heavy atom. The van der Waals surface area contributed by atoms with Crippen LogP contribution in [-0.4, -0.2) is 39.7 Å². The molecule has 0 radical (unpaired) electrons. The fourth-order valence-corrected chi connectivity index (χ4v) is 3.40. The zero-order valence-electron chi connectivity index (χ0n) is 14.1. The minimum absolute atomic E-state index is 0.0249. The van der Waals surface area contributed by atoms with Gasteiger partial charge >= 0.3 is 0 Å². The van der Waals surface area contributed by atoms with Gasteiger partial charge in [-0.3, -0.25) is 9.69 Å². The minimum atomic E-state index is -2.60. The van der Waals surface area contributed by atoms with Gasteiger partial charge in [-0.1, -0.05) is 13.8 Å². The largest absolute Gasteiger partial charge is 0.332 e. The van der Waals surface area contributed by atoms with E-state index in [2.05, 4.69) is 18.8 Å². The lowest BCUT2D eigenvalue weighted by Crippen LogP contribution is -2.41. The summed E-state index contributed by atoms with van der Waals surface area (Å²) in [5.41, 5.74) is 2.14. The number of hydrogen-bond acceptors (Lipinski definition) is 3. The first-order valence-corrected chi connectivity index (χ1v) is 8.42. The van der Waals surface area contributed by atoms with Crippen LogP contribution in [0.25, 0.3) is 11.0 Å². The van der Waals surface area contributed by atoms with Crippen LogP contribution in [0.1, 0.15) is 42.7 Å². The molecule has 0 N–H and O–H groups in total. The van der Waals surface area contributed by atoms with Gasteiger partial charge in [-0.25, -0.2) is 13.8 Å². The highest BCUT2D eigenvalue weighted by atomic mass is 19.3. The van der Waals surface area contributed by atoms with E-state index >= 15 is 0 Å². The topological polar surface area (TPSA) is 38.1 Å². The van der Waals surface area contributed by atoms with Crippen LogP contribution in [0.2, 0.25) is 0 Å². The molecule has 3 rings (SSSR count). The molecule has 0 amide bonds. The van der Waals surface area contributed by atoms with Crippen LogP contribution >= 0.6 is 0 Å². The number of nitrogens with zero attached hydrogens (tertiary/aromatic N) is 3. The molecule has 4 nitrogen and oxygen atoms in total. The Morgan fingerprint density at radius 1 is 1.38 bits per heavy atom. The fourth-order valence-electron chi connectivity index (χ4n) is 3.40. The van der Waals surface area contributed by atoms with Gasteiger partial charge in [0.05, 0.1) is 6.54 Å². The molecule has 1 fully saturated rings. The number of aldehydes is 1. The van der Waals surface area contributed by atoms with E-state index in [9.17, 15) is 13.6 Å². The van der Waals surface area contributed by atoms with Crippen molar-refractivity contribution in [2.24, 2.45) is 5.92 Å². The first-order chi connectivity index (χ1) is 11.4. The third kappa shape index (κ3) is 3.64. The number of hydrogen-bond donors (Lipinski definition) is 0. The summed E-state index contributed by atoms with van der Waals surface area (Å²) < 4.78 is 29.3. The highest BCUT2D eigenvalue weighted by Crippen LogP contribution is 2.29. The smallest absolute Gasteiger partial charge is 0.260 e. The molecule has 130 valence electrons. The van der Waals surface area contributed by atoms with E-state index in [1.165, 1.54) is 0 Å². The standard InChI is InChI=1S/C18H23F2N3O/c1-13(2)8-23-10-14(9-22-7-3-6-18(19,20)12-22)16-5-4-15(11-24)21-17(16)23/h4-5,10-11,13H,3,6-9,12H2,1-2H3. The van der Waals surface area contributed by atoms with Crippen molar-refractivity contribution in [1.82, 2.24) is 14.5 Å². The average molecular weight is 335 g/mol. The van der Waals surface area contributed by atoms with Gasteiger partial charge in [0.25, 0.3) is 5.92 Å². The molecule has 2 aromatic rings. The van der Waals surface area contributed by atoms with E-state index in [0.29, 0.717) is 31.1 Å². The average Bonchev–Trinajstić information content (AvgIpc) is 2.82. The number of alkyl halides is 2. The molecule has 0 saturated carbocycles. The van der Waals surface area contributed by atoms with E-state index in [4.69, 9.17) is 0 Å². The number of aromatic nitrogens is 2. The fraction of sp³-hybridized carbons (Fsp3) is 0.556. The van der Waals surface area contributed by atoms with Gasteiger partial charge in [0.2, 0.25) is 0 Å². The highest BCUT2D eigenvalue weighted by Gasteiger charge is 2.35. The second kappa shape index (κ2) is 6.59. The van der Waals surface area contributed by atoms with E-state index in [-0.39, 0.29) is 13.0 Å². The number of fused-ring (bicyclic) bond motifs is 1. The summed E-state index contributed by atoms with van der Waals surface area (Å²) >= 11 is 0. The highest BCUT2D eigenvalue weighted by molar-refractivity contribution is 5.84. The number of likely N-dealkylation sites (tertiary alicyclic amines) is 1. The van der Waals surface area contributed by atoms with Gasteiger partial charge in [0.15, 0.2) is 6.29 Å². The summed E-state index contributed by atoms with van der Waals surface area (Å²) in [5, 5.41) is 0.940. The summed E-state index contributed by atoms with van der Waals surface area (Å²) in [6, 6.07) is 3.56. The molecule has 1 aliphatic rings. The van der Waals surface area contributed by atoms with Crippen LogP contribution in [-0.2, 0) is 13.1 Å². The Kier molecular flexibility index (Phi) is 4.67. The maximum Gasteiger partial charge on any atom is 0.260 e. The number of halogens is 2. The maximum atomic E-state index is 13.6. The SMILES string of the molecule is CC(C)Cn1cc(CN2CCCC(F)(F)C2)c2ccc(C=O)nc21. The number of pyridine rings is 1. The third-order valence-electron chi connectivity index (χ3n) is 4.37. The zero-order chi connectivity index (χ0) is 17.3. The zero-order valence-corrected chi connectivity index (χ0v) is 14.1. The minimum Gasteiger partial charge on any atom is -0.332 e.